The van der Waals surface area contributed by atoms with E-state index in [2.05, 4.69) is 9.36 Å². The average molecular weight is 271 g/mol. The van der Waals surface area contributed by atoms with E-state index in [1.165, 1.54) is 23.3 Å². The molecule has 1 amide bonds. The molecule has 5 nitrogen and oxygen atoms in total. The zero-order valence-electron chi connectivity index (χ0n) is 9.51. The Labute approximate surface area is 108 Å². The third kappa shape index (κ3) is 3.50. The number of hydrogen-bond acceptors (Lipinski definition) is 6. The van der Waals surface area contributed by atoms with Crippen LogP contribution in [0, 0.1) is 6.92 Å². The first-order valence-corrected chi connectivity index (χ1v) is 7.13. The normalized spacial score (nSPS) is 16.3. The second kappa shape index (κ2) is 5.59. The summed E-state index contributed by atoms with van der Waals surface area (Å²) in [5.74, 6) is 1.45. The average Bonchev–Trinajstić information content (AvgIpc) is 2.73. The van der Waals surface area contributed by atoms with Gasteiger partial charge in [0.15, 0.2) is 4.34 Å². The van der Waals surface area contributed by atoms with Gasteiger partial charge in [-0.25, -0.2) is 4.98 Å². The number of aryl methyl sites for hydroxylation is 1. The van der Waals surface area contributed by atoms with Crippen molar-refractivity contribution in [2.45, 2.75) is 24.1 Å². The monoisotopic (exact) mass is 271 g/mol. The molecule has 1 fully saturated rings. The number of carbonyl (C=O) groups is 2. The lowest BCUT2D eigenvalue weighted by Crippen LogP contribution is -2.39. The number of aromatic nitrogens is 2. The van der Waals surface area contributed by atoms with Crippen molar-refractivity contribution in [1.82, 2.24) is 14.3 Å². The quantitative estimate of drug-likeness (QED) is 0.771. The van der Waals surface area contributed by atoms with Gasteiger partial charge in [0.25, 0.3) is 0 Å². The molecule has 7 heteroatoms. The fraction of sp³-hybridized carbons (Fsp3) is 0.600. The van der Waals surface area contributed by atoms with Gasteiger partial charge in [0.2, 0.25) is 5.91 Å². The lowest BCUT2D eigenvalue weighted by atomic mass is 10.1. The Kier molecular flexibility index (Phi) is 4.11. The summed E-state index contributed by atoms with van der Waals surface area (Å²) in [5.41, 5.74) is 0. The third-order valence-corrected chi connectivity index (χ3v) is 4.41. The fourth-order valence-electron chi connectivity index (χ4n) is 1.56. The first-order valence-electron chi connectivity index (χ1n) is 5.38. The predicted octanol–water partition coefficient (Wildman–Crippen LogP) is 1.13. The fourth-order valence-corrected chi connectivity index (χ4v) is 3.11. The number of ketones is 1. The molecule has 0 N–H and O–H groups in total. The van der Waals surface area contributed by atoms with Crippen LogP contribution in [0.25, 0.3) is 0 Å². The van der Waals surface area contributed by atoms with Gasteiger partial charge in [0.05, 0.1) is 5.75 Å². The molecule has 0 spiro atoms. The molecule has 0 bridgehead atoms. The Bertz CT molecular complexity index is 423. The number of nitrogens with zero attached hydrogens (tertiary/aromatic N) is 3. The number of rotatable bonds is 3. The van der Waals surface area contributed by atoms with Gasteiger partial charge in [-0.15, -0.1) is 0 Å². The maximum absolute atomic E-state index is 11.8. The minimum atomic E-state index is 0.0790. The minimum Gasteiger partial charge on any atom is -0.341 e. The number of likely N-dealkylation sites (tertiary alicyclic amines) is 1. The minimum absolute atomic E-state index is 0.0790. The van der Waals surface area contributed by atoms with Crippen molar-refractivity contribution in [1.29, 1.82) is 0 Å². The summed E-state index contributed by atoms with van der Waals surface area (Å²) in [6.45, 7) is 2.96. The predicted molar refractivity (Wildman–Crippen MR) is 66.2 cm³/mol. The Hall–Kier alpha value is -0.950. The van der Waals surface area contributed by atoms with Gasteiger partial charge in [-0.05, 0) is 18.5 Å². The van der Waals surface area contributed by atoms with Crippen LogP contribution in [0.3, 0.4) is 0 Å². The summed E-state index contributed by atoms with van der Waals surface area (Å²) >= 11 is 2.73. The molecule has 2 heterocycles. The van der Waals surface area contributed by atoms with Crippen LogP contribution in [0.4, 0.5) is 0 Å². The largest absolute Gasteiger partial charge is 0.341 e. The summed E-state index contributed by atoms with van der Waals surface area (Å²) in [6, 6.07) is 0. The lowest BCUT2D eigenvalue weighted by molar-refractivity contribution is -0.132. The van der Waals surface area contributed by atoms with Crippen molar-refractivity contribution in [3.63, 3.8) is 0 Å². The first kappa shape index (κ1) is 12.5. The van der Waals surface area contributed by atoms with E-state index in [1.54, 1.807) is 4.90 Å². The van der Waals surface area contributed by atoms with E-state index in [0.29, 0.717) is 31.7 Å². The van der Waals surface area contributed by atoms with Crippen LogP contribution >= 0.6 is 23.3 Å². The topological polar surface area (TPSA) is 63.2 Å². The second-order valence-corrected chi connectivity index (χ2v) is 5.79. The smallest absolute Gasteiger partial charge is 0.233 e. The SMILES string of the molecule is Cc1nsc(SCC(=O)N2CCC(=O)CC2)n1. The molecule has 1 aromatic heterocycles. The van der Waals surface area contributed by atoms with Gasteiger partial charge in [-0.2, -0.15) is 4.37 Å². The van der Waals surface area contributed by atoms with Gasteiger partial charge in [0.1, 0.15) is 11.6 Å². The Balaban J connectivity index is 1.79. The van der Waals surface area contributed by atoms with Crippen LogP contribution < -0.4 is 0 Å². The highest BCUT2D eigenvalue weighted by atomic mass is 32.2. The molecular weight excluding hydrogens is 258 g/mol. The number of piperidine rings is 1. The van der Waals surface area contributed by atoms with E-state index in [1.807, 2.05) is 6.92 Å². The molecule has 1 aliphatic heterocycles. The van der Waals surface area contributed by atoms with Crippen molar-refractivity contribution in [3.05, 3.63) is 5.82 Å². The molecule has 0 saturated carbocycles. The van der Waals surface area contributed by atoms with E-state index in [-0.39, 0.29) is 11.7 Å². The molecule has 1 aromatic rings. The highest BCUT2D eigenvalue weighted by Gasteiger charge is 2.20. The number of carbonyl (C=O) groups excluding carboxylic acids is 2. The molecule has 17 heavy (non-hydrogen) atoms. The third-order valence-electron chi connectivity index (χ3n) is 2.50. The van der Waals surface area contributed by atoms with Crippen molar-refractivity contribution in [2.24, 2.45) is 0 Å². The van der Waals surface area contributed by atoms with E-state index in [0.717, 1.165) is 10.2 Å². The standard InChI is InChI=1S/C10H13N3O2S2/c1-7-11-10(17-12-7)16-6-9(15)13-4-2-8(14)3-5-13/h2-6H2,1H3. The Morgan fingerprint density at radius 2 is 2.18 bits per heavy atom. The van der Waals surface area contributed by atoms with Crippen molar-refractivity contribution in [2.75, 3.05) is 18.8 Å². The zero-order valence-corrected chi connectivity index (χ0v) is 11.1. The molecule has 0 atom stereocenters. The molecule has 0 unspecified atom stereocenters. The van der Waals surface area contributed by atoms with Crippen molar-refractivity contribution >= 4 is 35.0 Å². The highest BCUT2D eigenvalue weighted by molar-refractivity contribution is 8.01. The summed E-state index contributed by atoms with van der Waals surface area (Å²) in [7, 11) is 0. The molecule has 0 aromatic carbocycles. The van der Waals surface area contributed by atoms with Gasteiger partial charge in [0, 0.05) is 25.9 Å². The lowest BCUT2D eigenvalue weighted by Gasteiger charge is -2.25. The molecule has 1 aliphatic rings. The van der Waals surface area contributed by atoms with Crippen LogP contribution in [0.2, 0.25) is 0 Å². The number of hydrogen-bond donors (Lipinski definition) is 0. The molecule has 0 aliphatic carbocycles. The Morgan fingerprint density at radius 1 is 1.47 bits per heavy atom. The van der Waals surface area contributed by atoms with Gasteiger partial charge in [-0.3, -0.25) is 9.59 Å². The van der Waals surface area contributed by atoms with Crippen LogP contribution in [0.1, 0.15) is 18.7 Å². The molecule has 2 rings (SSSR count). The molecule has 0 radical (unpaired) electrons. The van der Waals surface area contributed by atoms with Crippen LogP contribution in [-0.2, 0) is 9.59 Å². The summed E-state index contributed by atoms with van der Waals surface area (Å²) in [5, 5.41) is 0. The molecule has 92 valence electrons. The first-order chi connectivity index (χ1) is 8.15. The van der Waals surface area contributed by atoms with Crippen LogP contribution in [0.15, 0.2) is 4.34 Å². The van der Waals surface area contributed by atoms with Crippen molar-refractivity contribution < 1.29 is 9.59 Å². The maximum Gasteiger partial charge on any atom is 0.233 e. The summed E-state index contributed by atoms with van der Waals surface area (Å²) in [4.78, 5) is 28.8. The Morgan fingerprint density at radius 3 is 2.76 bits per heavy atom. The molecular formula is C10H13N3O2S2. The van der Waals surface area contributed by atoms with Gasteiger partial charge >= 0.3 is 0 Å². The summed E-state index contributed by atoms with van der Waals surface area (Å²) < 4.78 is 4.88. The van der Waals surface area contributed by atoms with E-state index in [9.17, 15) is 9.59 Å². The van der Waals surface area contributed by atoms with Crippen LogP contribution in [-0.4, -0.2) is 44.8 Å². The number of amides is 1. The maximum atomic E-state index is 11.8. The van der Waals surface area contributed by atoms with Gasteiger partial charge < -0.3 is 4.90 Å². The second-order valence-electron chi connectivity index (χ2n) is 3.82. The van der Waals surface area contributed by atoms with E-state index < -0.39 is 0 Å². The highest BCUT2D eigenvalue weighted by Crippen LogP contribution is 2.20. The van der Waals surface area contributed by atoms with Gasteiger partial charge in [-0.1, -0.05) is 11.8 Å². The molecule has 1 saturated heterocycles. The van der Waals surface area contributed by atoms with Crippen molar-refractivity contribution in [3.8, 4) is 0 Å². The zero-order chi connectivity index (χ0) is 12.3. The number of thioether (sulfide) groups is 1. The summed E-state index contributed by atoms with van der Waals surface area (Å²) in [6.07, 6.45) is 0.989. The van der Waals surface area contributed by atoms with E-state index >= 15 is 0 Å². The number of Topliss-reactive ketones (excluding diaryl/α,β-unsaturated/α-hetero) is 1. The van der Waals surface area contributed by atoms with Crippen LogP contribution in [0.5, 0.6) is 0 Å². The van der Waals surface area contributed by atoms with E-state index in [4.69, 9.17) is 0 Å².